The number of hydrogen-bond donors (Lipinski definition) is 1. The summed E-state index contributed by atoms with van der Waals surface area (Å²) in [5.74, 6) is 0.471. The van der Waals surface area contributed by atoms with Gasteiger partial charge in [0, 0.05) is 18.8 Å². The third-order valence-electron chi connectivity index (χ3n) is 4.14. The SMILES string of the molecule is Cc1cn(C2CCCCC2)nc1NC(=O)c1cncn1C. The van der Waals surface area contributed by atoms with Gasteiger partial charge in [-0.05, 0) is 19.8 Å². The summed E-state index contributed by atoms with van der Waals surface area (Å²) >= 11 is 0. The molecule has 0 aliphatic heterocycles. The molecule has 1 amide bonds. The Labute approximate surface area is 124 Å². The van der Waals surface area contributed by atoms with Crippen LogP contribution in [0.2, 0.25) is 0 Å². The van der Waals surface area contributed by atoms with Crippen LogP contribution in [0.4, 0.5) is 5.82 Å². The molecule has 2 heterocycles. The molecule has 1 aliphatic rings. The maximum atomic E-state index is 12.2. The van der Waals surface area contributed by atoms with E-state index in [0.717, 1.165) is 5.56 Å². The monoisotopic (exact) mass is 287 g/mol. The average Bonchev–Trinajstić information content (AvgIpc) is 3.07. The molecule has 1 aliphatic carbocycles. The van der Waals surface area contributed by atoms with Crippen molar-refractivity contribution in [2.45, 2.75) is 45.1 Å². The van der Waals surface area contributed by atoms with E-state index in [1.807, 2.05) is 17.8 Å². The first-order valence-electron chi connectivity index (χ1n) is 7.48. The van der Waals surface area contributed by atoms with Crippen molar-refractivity contribution in [1.29, 1.82) is 0 Å². The summed E-state index contributed by atoms with van der Waals surface area (Å²) in [7, 11) is 1.80. The van der Waals surface area contributed by atoms with Crippen LogP contribution >= 0.6 is 0 Å². The van der Waals surface area contributed by atoms with Crippen molar-refractivity contribution < 1.29 is 4.79 Å². The van der Waals surface area contributed by atoms with Gasteiger partial charge in [-0.15, -0.1) is 0 Å². The zero-order chi connectivity index (χ0) is 14.8. The lowest BCUT2D eigenvalue weighted by molar-refractivity contribution is 0.101. The molecule has 1 N–H and O–H groups in total. The first-order chi connectivity index (χ1) is 10.1. The van der Waals surface area contributed by atoms with Gasteiger partial charge in [0.1, 0.15) is 5.69 Å². The molecule has 6 heteroatoms. The Balaban J connectivity index is 1.75. The minimum absolute atomic E-state index is 0.174. The predicted octanol–water partition coefficient (Wildman–Crippen LogP) is 2.68. The fraction of sp³-hybridized carbons (Fsp3) is 0.533. The standard InChI is InChI=1S/C15H21N5O/c1-11-9-20(12-6-4-3-5-7-12)18-14(11)17-15(21)13-8-16-10-19(13)2/h8-10,12H,3-7H2,1-2H3,(H,17,18,21). The van der Waals surface area contributed by atoms with E-state index in [0.29, 0.717) is 17.6 Å². The molecule has 0 atom stereocenters. The third-order valence-corrected chi connectivity index (χ3v) is 4.14. The van der Waals surface area contributed by atoms with Crippen LogP contribution in [0.5, 0.6) is 0 Å². The van der Waals surface area contributed by atoms with Gasteiger partial charge in [0.25, 0.3) is 5.91 Å². The molecular weight excluding hydrogens is 266 g/mol. The van der Waals surface area contributed by atoms with Crippen LogP contribution in [-0.2, 0) is 7.05 Å². The Morgan fingerprint density at radius 3 is 2.76 bits per heavy atom. The number of carbonyl (C=O) groups excluding carboxylic acids is 1. The highest BCUT2D eigenvalue weighted by atomic mass is 16.2. The zero-order valence-corrected chi connectivity index (χ0v) is 12.5. The highest BCUT2D eigenvalue weighted by Crippen LogP contribution is 2.29. The second kappa shape index (κ2) is 5.71. The molecule has 0 aromatic carbocycles. The summed E-state index contributed by atoms with van der Waals surface area (Å²) in [5.41, 5.74) is 1.53. The van der Waals surface area contributed by atoms with Crippen LogP contribution in [0, 0.1) is 6.92 Å². The fourth-order valence-corrected chi connectivity index (χ4v) is 2.89. The van der Waals surface area contributed by atoms with Crippen molar-refractivity contribution in [2.75, 3.05) is 5.32 Å². The fourth-order valence-electron chi connectivity index (χ4n) is 2.89. The first kappa shape index (κ1) is 13.9. The summed E-state index contributed by atoms with van der Waals surface area (Å²) < 4.78 is 3.72. The van der Waals surface area contributed by atoms with Crippen LogP contribution in [0.15, 0.2) is 18.7 Å². The number of rotatable bonds is 3. The van der Waals surface area contributed by atoms with Gasteiger partial charge in [-0.2, -0.15) is 5.10 Å². The topological polar surface area (TPSA) is 64.7 Å². The normalized spacial score (nSPS) is 16.1. The third kappa shape index (κ3) is 2.84. The van der Waals surface area contributed by atoms with Gasteiger partial charge in [0.05, 0.1) is 18.6 Å². The van der Waals surface area contributed by atoms with E-state index in [9.17, 15) is 4.79 Å². The predicted molar refractivity (Wildman–Crippen MR) is 80.2 cm³/mol. The van der Waals surface area contributed by atoms with E-state index in [2.05, 4.69) is 15.4 Å². The van der Waals surface area contributed by atoms with E-state index >= 15 is 0 Å². The molecule has 1 saturated carbocycles. The van der Waals surface area contributed by atoms with Gasteiger partial charge in [-0.25, -0.2) is 4.98 Å². The molecule has 2 aromatic rings. The van der Waals surface area contributed by atoms with Gasteiger partial charge in [0.15, 0.2) is 5.82 Å². The molecule has 112 valence electrons. The van der Waals surface area contributed by atoms with Gasteiger partial charge in [0.2, 0.25) is 0 Å². The second-order valence-electron chi connectivity index (χ2n) is 5.78. The molecule has 0 spiro atoms. The number of nitrogens with zero attached hydrogens (tertiary/aromatic N) is 4. The number of aryl methyl sites for hydroxylation is 2. The number of nitrogens with one attached hydrogen (secondary N) is 1. The van der Waals surface area contributed by atoms with Crippen molar-refractivity contribution >= 4 is 11.7 Å². The van der Waals surface area contributed by atoms with Crippen molar-refractivity contribution in [3.63, 3.8) is 0 Å². The number of imidazole rings is 1. The van der Waals surface area contributed by atoms with Gasteiger partial charge >= 0.3 is 0 Å². The van der Waals surface area contributed by atoms with Gasteiger partial charge in [-0.3, -0.25) is 9.48 Å². The van der Waals surface area contributed by atoms with E-state index in [4.69, 9.17) is 0 Å². The molecule has 1 fully saturated rings. The first-order valence-corrected chi connectivity index (χ1v) is 7.48. The lowest BCUT2D eigenvalue weighted by atomic mass is 9.96. The van der Waals surface area contributed by atoms with Crippen LogP contribution in [0.3, 0.4) is 0 Å². The average molecular weight is 287 g/mol. The van der Waals surface area contributed by atoms with E-state index < -0.39 is 0 Å². The molecule has 0 bridgehead atoms. The molecule has 6 nitrogen and oxygen atoms in total. The maximum absolute atomic E-state index is 12.2. The van der Waals surface area contributed by atoms with Crippen LogP contribution in [-0.4, -0.2) is 25.2 Å². The summed E-state index contributed by atoms with van der Waals surface area (Å²) in [5, 5.41) is 7.45. The number of aromatic nitrogens is 4. The van der Waals surface area contributed by atoms with Crippen molar-refractivity contribution in [3.8, 4) is 0 Å². The summed E-state index contributed by atoms with van der Waals surface area (Å²) in [6.45, 7) is 1.98. The van der Waals surface area contributed by atoms with Gasteiger partial charge in [-0.1, -0.05) is 19.3 Å². The number of amides is 1. The zero-order valence-electron chi connectivity index (χ0n) is 12.5. The minimum atomic E-state index is -0.174. The Morgan fingerprint density at radius 2 is 2.10 bits per heavy atom. The minimum Gasteiger partial charge on any atom is -0.330 e. The summed E-state index contributed by atoms with van der Waals surface area (Å²) in [6, 6.07) is 0.472. The smallest absolute Gasteiger partial charge is 0.275 e. The Morgan fingerprint density at radius 1 is 1.33 bits per heavy atom. The molecule has 0 saturated heterocycles. The number of anilines is 1. The molecule has 0 unspecified atom stereocenters. The lowest BCUT2D eigenvalue weighted by Crippen LogP contribution is -2.17. The Bertz CT molecular complexity index is 636. The Kier molecular flexibility index (Phi) is 3.77. The number of carbonyl (C=O) groups is 1. The van der Waals surface area contributed by atoms with E-state index in [1.54, 1.807) is 24.1 Å². The number of hydrogen-bond acceptors (Lipinski definition) is 3. The summed E-state index contributed by atoms with van der Waals surface area (Å²) in [4.78, 5) is 16.2. The largest absolute Gasteiger partial charge is 0.330 e. The van der Waals surface area contributed by atoms with Crippen LogP contribution in [0.25, 0.3) is 0 Å². The van der Waals surface area contributed by atoms with Crippen LogP contribution in [0.1, 0.15) is 54.2 Å². The van der Waals surface area contributed by atoms with Crippen molar-refractivity contribution in [3.05, 3.63) is 30.0 Å². The molecule has 3 rings (SSSR count). The van der Waals surface area contributed by atoms with Gasteiger partial charge < -0.3 is 9.88 Å². The highest BCUT2D eigenvalue weighted by molar-refractivity contribution is 6.02. The Hall–Kier alpha value is -2.11. The summed E-state index contributed by atoms with van der Waals surface area (Å²) in [6.07, 6.45) is 11.4. The molecule has 0 radical (unpaired) electrons. The van der Waals surface area contributed by atoms with Crippen LogP contribution < -0.4 is 5.32 Å². The quantitative estimate of drug-likeness (QED) is 0.944. The molecule has 2 aromatic heterocycles. The molecular formula is C15H21N5O. The highest BCUT2D eigenvalue weighted by Gasteiger charge is 2.19. The van der Waals surface area contributed by atoms with Crippen molar-refractivity contribution in [1.82, 2.24) is 19.3 Å². The van der Waals surface area contributed by atoms with Crippen molar-refractivity contribution in [2.24, 2.45) is 7.05 Å². The molecule has 21 heavy (non-hydrogen) atoms. The lowest BCUT2D eigenvalue weighted by Gasteiger charge is -2.21. The van der Waals surface area contributed by atoms with E-state index in [-0.39, 0.29) is 5.91 Å². The maximum Gasteiger partial charge on any atom is 0.275 e. The second-order valence-corrected chi connectivity index (χ2v) is 5.78. The van der Waals surface area contributed by atoms with E-state index in [1.165, 1.54) is 32.1 Å².